The molecule has 206 valence electrons. The molecular formula is C25H32N4O8S. The number of para-hydroxylation sites is 1. The summed E-state index contributed by atoms with van der Waals surface area (Å²) in [5.41, 5.74) is 0.878. The zero-order valence-electron chi connectivity index (χ0n) is 21.6. The Morgan fingerprint density at radius 1 is 1.21 bits per heavy atom. The number of aliphatic hydroxyl groups excluding tert-OH is 1. The minimum atomic E-state index is -3.50. The maximum Gasteiger partial charge on any atom is 0.323 e. The van der Waals surface area contributed by atoms with E-state index in [2.05, 4.69) is 10.6 Å². The van der Waals surface area contributed by atoms with Crippen molar-refractivity contribution in [2.24, 2.45) is 5.92 Å². The molecule has 2 aromatic carbocycles. The fourth-order valence-corrected chi connectivity index (χ4v) is 4.63. The van der Waals surface area contributed by atoms with Gasteiger partial charge in [0.15, 0.2) is 17.2 Å². The van der Waals surface area contributed by atoms with Crippen molar-refractivity contribution in [1.82, 2.24) is 9.21 Å². The van der Waals surface area contributed by atoms with Gasteiger partial charge in [-0.15, -0.1) is 0 Å². The van der Waals surface area contributed by atoms with Crippen molar-refractivity contribution in [3.8, 4) is 17.2 Å². The summed E-state index contributed by atoms with van der Waals surface area (Å²) in [6.45, 7) is 3.69. The molecule has 0 bridgehead atoms. The third kappa shape index (κ3) is 5.95. The van der Waals surface area contributed by atoms with E-state index in [1.165, 1.54) is 16.3 Å². The zero-order valence-corrected chi connectivity index (χ0v) is 22.4. The van der Waals surface area contributed by atoms with E-state index < -0.39 is 28.2 Å². The number of benzene rings is 2. The van der Waals surface area contributed by atoms with Gasteiger partial charge in [-0.3, -0.25) is 4.79 Å². The van der Waals surface area contributed by atoms with Crippen molar-refractivity contribution in [3.63, 3.8) is 0 Å². The largest absolute Gasteiger partial charge is 0.486 e. The molecule has 12 nitrogen and oxygen atoms in total. The number of amides is 3. The van der Waals surface area contributed by atoms with E-state index in [0.29, 0.717) is 17.2 Å². The average Bonchev–Trinajstić information content (AvgIpc) is 3.33. The second-order valence-corrected chi connectivity index (χ2v) is 11.6. The monoisotopic (exact) mass is 548 g/mol. The van der Waals surface area contributed by atoms with Gasteiger partial charge in [-0.2, -0.15) is 0 Å². The predicted octanol–water partition coefficient (Wildman–Crippen LogP) is 2.17. The van der Waals surface area contributed by atoms with Crippen LogP contribution in [0.15, 0.2) is 36.4 Å². The maximum absolute atomic E-state index is 13.5. The van der Waals surface area contributed by atoms with Crippen LogP contribution in [0.1, 0.15) is 24.2 Å². The lowest BCUT2D eigenvalue weighted by Gasteiger charge is -2.38. The van der Waals surface area contributed by atoms with Gasteiger partial charge < -0.3 is 34.9 Å². The molecule has 0 unspecified atom stereocenters. The summed E-state index contributed by atoms with van der Waals surface area (Å²) < 4.78 is 42.4. The summed E-state index contributed by atoms with van der Waals surface area (Å²) in [5.74, 6) is 0.524. The minimum absolute atomic E-state index is 0.0205. The maximum atomic E-state index is 13.5. The number of carbonyl (C=O) groups is 2. The van der Waals surface area contributed by atoms with Crippen molar-refractivity contribution >= 4 is 33.3 Å². The first-order valence-corrected chi connectivity index (χ1v) is 13.9. The summed E-state index contributed by atoms with van der Waals surface area (Å²) in [5, 5.41) is 15.2. The van der Waals surface area contributed by atoms with Crippen LogP contribution >= 0.6 is 0 Å². The van der Waals surface area contributed by atoms with Crippen LogP contribution in [-0.4, -0.2) is 86.6 Å². The number of carbonyl (C=O) groups excluding carboxylic acids is 2. The van der Waals surface area contributed by atoms with Gasteiger partial charge in [0, 0.05) is 31.3 Å². The van der Waals surface area contributed by atoms with Crippen molar-refractivity contribution in [2.75, 3.05) is 50.4 Å². The minimum Gasteiger partial charge on any atom is -0.486 e. The van der Waals surface area contributed by atoms with Crippen LogP contribution in [0.5, 0.6) is 17.2 Å². The Bertz CT molecular complexity index is 1320. The third-order valence-electron chi connectivity index (χ3n) is 6.57. The number of likely N-dealkylation sites (N-methyl/N-ethyl adjacent to an activating group) is 1. The molecule has 2 heterocycles. The molecule has 0 aromatic heterocycles. The molecule has 38 heavy (non-hydrogen) atoms. The Kier molecular flexibility index (Phi) is 7.99. The molecule has 0 saturated heterocycles. The van der Waals surface area contributed by atoms with Crippen LogP contribution in [0.3, 0.4) is 0 Å². The third-order valence-corrected chi connectivity index (χ3v) is 7.85. The summed E-state index contributed by atoms with van der Waals surface area (Å²) >= 11 is 0. The highest BCUT2D eigenvalue weighted by Gasteiger charge is 2.35. The van der Waals surface area contributed by atoms with Crippen LogP contribution < -0.4 is 24.8 Å². The smallest absolute Gasteiger partial charge is 0.323 e. The molecule has 3 amide bonds. The van der Waals surface area contributed by atoms with E-state index in [0.717, 1.165) is 6.26 Å². The SMILES string of the molecule is C[C@H](CO)N1C[C@H](C)[C@H](CN(C)S(C)(=O)=O)Oc2c(NC(=O)Nc3ccc4c(c3)OCO4)cccc2C1=O. The molecule has 0 aliphatic carbocycles. The number of ether oxygens (including phenoxy) is 3. The molecule has 0 radical (unpaired) electrons. The van der Waals surface area contributed by atoms with Crippen molar-refractivity contribution in [3.05, 3.63) is 42.0 Å². The molecule has 2 aliphatic heterocycles. The highest BCUT2D eigenvalue weighted by molar-refractivity contribution is 7.88. The number of hydrogen-bond donors (Lipinski definition) is 3. The van der Waals surface area contributed by atoms with Gasteiger partial charge in [-0.1, -0.05) is 13.0 Å². The van der Waals surface area contributed by atoms with Crippen LogP contribution in [0.4, 0.5) is 16.2 Å². The van der Waals surface area contributed by atoms with E-state index in [1.54, 1.807) is 43.3 Å². The number of hydrogen-bond acceptors (Lipinski definition) is 8. The number of anilines is 2. The summed E-state index contributed by atoms with van der Waals surface area (Å²) in [6.07, 6.45) is 0.445. The molecule has 3 N–H and O–H groups in total. The number of nitrogens with zero attached hydrogens (tertiary/aromatic N) is 2. The molecule has 3 atom stereocenters. The zero-order chi connectivity index (χ0) is 27.6. The van der Waals surface area contributed by atoms with Gasteiger partial charge >= 0.3 is 6.03 Å². The lowest BCUT2D eigenvalue weighted by molar-refractivity contribution is 0.0389. The van der Waals surface area contributed by atoms with E-state index >= 15 is 0 Å². The van der Waals surface area contributed by atoms with Gasteiger partial charge in [-0.25, -0.2) is 17.5 Å². The molecule has 0 fully saturated rings. The van der Waals surface area contributed by atoms with E-state index in [9.17, 15) is 23.1 Å². The average molecular weight is 549 g/mol. The normalized spacial score (nSPS) is 19.7. The lowest BCUT2D eigenvalue weighted by atomic mass is 9.99. The van der Waals surface area contributed by atoms with Crippen LogP contribution in [0, 0.1) is 5.92 Å². The number of nitrogens with one attached hydrogen (secondary N) is 2. The standard InChI is InChI=1S/C25H32N4O8S/c1-15-11-29(16(2)13-30)24(31)18-6-5-7-19(23(18)37-22(15)12-28(3)38(4,33)34)27-25(32)26-17-8-9-20-21(10-17)36-14-35-20/h5-10,15-16,22,30H,11-14H2,1-4H3,(H2,26,27,32)/t15-,16+,22-/m0/s1. The first kappa shape index (κ1) is 27.5. The molecule has 2 aliphatic rings. The molecule has 4 rings (SSSR count). The van der Waals surface area contributed by atoms with Crippen LogP contribution in [-0.2, 0) is 10.0 Å². The Labute approximate surface area is 221 Å². The molecule has 0 saturated carbocycles. The fraction of sp³-hybridized carbons (Fsp3) is 0.440. The molecular weight excluding hydrogens is 516 g/mol. The molecule has 13 heteroatoms. The van der Waals surface area contributed by atoms with Crippen molar-refractivity contribution in [1.29, 1.82) is 0 Å². The molecule has 2 aromatic rings. The van der Waals surface area contributed by atoms with E-state index in [-0.39, 0.29) is 55.3 Å². The van der Waals surface area contributed by atoms with Gasteiger partial charge in [0.1, 0.15) is 6.10 Å². The summed E-state index contributed by atoms with van der Waals surface area (Å²) in [6, 6.07) is 8.67. The van der Waals surface area contributed by atoms with Gasteiger partial charge in [-0.05, 0) is 31.2 Å². The van der Waals surface area contributed by atoms with Crippen LogP contribution in [0.2, 0.25) is 0 Å². The lowest BCUT2D eigenvalue weighted by Crippen LogP contribution is -2.50. The number of rotatable bonds is 7. The van der Waals surface area contributed by atoms with Crippen molar-refractivity contribution in [2.45, 2.75) is 26.0 Å². The first-order chi connectivity index (χ1) is 18.0. The number of urea groups is 1. The second-order valence-electron chi connectivity index (χ2n) is 9.50. The Morgan fingerprint density at radius 2 is 1.95 bits per heavy atom. The van der Waals surface area contributed by atoms with E-state index in [1.807, 2.05) is 6.92 Å². The molecule has 0 spiro atoms. The quantitative estimate of drug-likeness (QED) is 0.477. The van der Waals surface area contributed by atoms with E-state index in [4.69, 9.17) is 14.2 Å². The predicted molar refractivity (Wildman–Crippen MR) is 140 cm³/mol. The summed E-state index contributed by atoms with van der Waals surface area (Å²) in [4.78, 5) is 28.0. The number of aliphatic hydroxyl groups is 1. The second kappa shape index (κ2) is 11.1. The highest BCUT2D eigenvalue weighted by Crippen LogP contribution is 2.36. The fourth-order valence-electron chi connectivity index (χ4n) is 4.21. The van der Waals surface area contributed by atoms with Crippen molar-refractivity contribution < 1.29 is 37.3 Å². The Balaban J connectivity index is 1.65. The summed E-state index contributed by atoms with van der Waals surface area (Å²) in [7, 11) is -2.05. The van der Waals surface area contributed by atoms with Crippen LogP contribution in [0.25, 0.3) is 0 Å². The van der Waals surface area contributed by atoms with Gasteiger partial charge in [0.2, 0.25) is 16.8 Å². The Hall–Kier alpha value is -3.55. The first-order valence-electron chi connectivity index (χ1n) is 12.1. The van der Waals surface area contributed by atoms with Gasteiger partial charge in [0.05, 0.1) is 36.7 Å². The highest BCUT2D eigenvalue weighted by atomic mass is 32.2. The number of sulfonamides is 1. The number of fused-ring (bicyclic) bond motifs is 2. The topological polar surface area (TPSA) is 147 Å². The van der Waals surface area contributed by atoms with Gasteiger partial charge in [0.25, 0.3) is 5.91 Å². The Morgan fingerprint density at radius 3 is 2.66 bits per heavy atom.